The summed E-state index contributed by atoms with van der Waals surface area (Å²) in [6, 6.07) is -2.58. The van der Waals surface area contributed by atoms with E-state index in [1.165, 1.54) is 6.07 Å². The lowest BCUT2D eigenvalue weighted by Gasteiger charge is -1.94. The molecule has 0 unspecified atom stereocenters. The predicted octanol–water partition coefficient (Wildman–Crippen LogP) is 1.38. The van der Waals surface area contributed by atoms with Gasteiger partial charge in [-0.1, -0.05) is 12.1 Å². The van der Waals surface area contributed by atoms with Crippen molar-refractivity contribution >= 4 is 12.0 Å². The van der Waals surface area contributed by atoms with Gasteiger partial charge in [0, 0.05) is 0 Å². The zero-order valence-electron chi connectivity index (χ0n) is 13.7. The maximum Gasteiger partial charge on any atom is 0.346 e. The van der Waals surface area contributed by atoms with E-state index >= 15 is 0 Å². The number of nitriles is 1. The molecule has 0 aliphatic carbocycles. The van der Waals surface area contributed by atoms with E-state index in [-0.39, 0.29) is 0 Å². The summed E-state index contributed by atoms with van der Waals surface area (Å²) in [5.41, 5.74) is -1.57. The third-order valence-corrected chi connectivity index (χ3v) is 1.17. The highest BCUT2D eigenvalue weighted by molar-refractivity contribution is 5.96. The van der Waals surface area contributed by atoms with Crippen molar-refractivity contribution in [3.63, 3.8) is 0 Å². The normalized spacial score (nSPS) is 17.8. The number of carboxylic acid groups (broad SMARTS) is 1. The van der Waals surface area contributed by atoms with Crippen molar-refractivity contribution in [2.75, 3.05) is 0 Å². The van der Waals surface area contributed by atoms with E-state index in [1.54, 1.807) is 0 Å². The Bertz CT molecular complexity index is 651. The van der Waals surface area contributed by atoms with Gasteiger partial charge in [0.05, 0.1) is 6.85 Å². The first kappa shape index (κ1) is 3.84. The molecule has 2 N–H and O–H groups in total. The van der Waals surface area contributed by atoms with Crippen LogP contribution in [0.1, 0.15) is 12.4 Å². The summed E-state index contributed by atoms with van der Waals surface area (Å²) in [5, 5.41) is 16.4. The van der Waals surface area contributed by atoms with Crippen molar-refractivity contribution in [1.82, 2.24) is 0 Å². The summed E-state index contributed by atoms with van der Waals surface area (Å²) in [6.07, 6.45) is 0. The summed E-state index contributed by atoms with van der Waals surface area (Å²) in [5.74, 6) is -2.11. The molecular formula is C10H7NO3. The van der Waals surface area contributed by atoms with Gasteiger partial charge in [0.25, 0.3) is 2.86 Å². The molecule has 1 aromatic rings. The highest BCUT2D eigenvalue weighted by Gasteiger charge is 2.04. The minimum absolute atomic E-state index is 0.632. The van der Waals surface area contributed by atoms with Crippen LogP contribution in [0.4, 0.5) is 0 Å². The Morgan fingerprint density at radius 2 is 2.36 bits per heavy atom. The highest BCUT2D eigenvalue weighted by Crippen LogP contribution is 2.12. The summed E-state index contributed by atoms with van der Waals surface area (Å²) in [4.78, 5) is 11.2. The summed E-state index contributed by atoms with van der Waals surface area (Å²) >= 11 is 0. The number of rotatable bonds is 3. The largest absolute Gasteiger partial charge is 0.508 e. The topological polar surface area (TPSA) is 81.3 Å². The lowest BCUT2D eigenvalue weighted by Crippen LogP contribution is -1.97. The SMILES string of the molecule is [2H]OC(=O)/C(C#N)=C(/[2H])c1c([2H])c([2H])c(O[2H])c([2H])c1[2H]. The number of nitrogens with zero attached hydrogens (tertiary/aromatic N) is 1. The first-order valence-corrected chi connectivity index (χ1v) is 3.34. The molecule has 0 amide bonds. The monoisotopic (exact) mass is 196 g/mol. The molecular weight excluding hydrogens is 182 g/mol. The van der Waals surface area contributed by atoms with Crippen LogP contribution in [0.2, 0.25) is 0 Å². The van der Waals surface area contributed by atoms with E-state index in [2.05, 4.69) is 10.2 Å². The van der Waals surface area contributed by atoms with Crippen LogP contribution in [0.15, 0.2) is 29.7 Å². The standard InChI is InChI=1S/C10H7NO3/c11-6-8(10(13)14)5-7-1-3-9(12)4-2-7/h1-5,12H,(H,13,14)/b8-5-/i1D,2D,3D,4D,5D/hD2. The first-order valence-electron chi connectivity index (χ1n) is 6.65. The van der Waals surface area contributed by atoms with Crippen molar-refractivity contribution in [3.8, 4) is 11.8 Å². The van der Waals surface area contributed by atoms with Crippen LogP contribution in [0.5, 0.6) is 5.75 Å². The number of hydrogen-bond donors (Lipinski definition) is 2. The van der Waals surface area contributed by atoms with Gasteiger partial charge in [0.15, 0.2) is 0 Å². The molecule has 1 aromatic carbocycles. The van der Waals surface area contributed by atoms with Crippen molar-refractivity contribution in [1.29, 1.82) is 8.12 Å². The van der Waals surface area contributed by atoms with Gasteiger partial charge in [0.1, 0.15) is 17.4 Å². The van der Waals surface area contributed by atoms with Crippen molar-refractivity contribution < 1.29 is 21.9 Å². The Morgan fingerprint density at radius 1 is 1.64 bits per heavy atom. The van der Waals surface area contributed by atoms with Crippen LogP contribution >= 0.6 is 0 Å². The molecule has 0 saturated heterocycles. The second-order valence-electron chi connectivity index (χ2n) is 2.10. The van der Waals surface area contributed by atoms with Gasteiger partial charge < -0.3 is 10.2 Å². The lowest BCUT2D eigenvalue weighted by atomic mass is 10.1. The average Bonchev–Trinajstić information content (AvgIpc) is 2.46. The molecule has 0 aliphatic rings. The molecule has 4 nitrogen and oxygen atoms in total. The van der Waals surface area contributed by atoms with Gasteiger partial charge in [-0.05, 0) is 23.7 Å². The van der Waals surface area contributed by atoms with Crippen LogP contribution in [0, 0.1) is 11.3 Å². The van der Waals surface area contributed by atoms with Crippen LogP contribution in [-0.2, 0) is 4.79 Å². The van der Waals surface area contributed by atoms with E-state index in [0.29, 0.717) is 0 Å². The number of phenols is 1. The molecule has 0 aliphatic heterocycles. The molecule has 0 aromatic heterocycles. The van der Waals surface area contributed by atoms with E-state index in [0.717, 1.165) is 0 Å². The average molecular weight is 196 g/mol. The van der Waals surface area contributed by atoms with Crippen molar-refractivity contribution in [2.24, 2.45) is 0 Å². The van der Waals surface area contributed by atoms with Gasteiger partial charge in [0.2, 0.25) is 0 Å². The number of aliphatic carboxylic acids is 1. The minimum Gasteiger partial charge on any atom is -0.508 e. The fourth-order valence-electron chi connectivity index (χ4n) is 0.613. The zero-order valence-corrected chi connectivity index (χ0v) is 6.67. The number of aromatic hydroxyl groups is 1. The smallest absolute Gasteiger partial charge is 0.346 e. The van der Waals surface area contributed by atoms with Gasteiger partial charge in [-0.2, -0.15) is 5.26 Å². The van der Waals surface area contributed by atoms with Crippen LogP contribution in [0.3, 0.4) is 0 Å². The quantitative estimate of drug-likeness (QED) is 0.565. The highest BCUT2D eigenvalue weighted by atomic mass is 16.4. The molecule has 0 fully saturated rings. The van der Waals surface area contributed by atoms with E-state index in [4.69, 9.17) is 15.0 Å². The molecule has 1 rings (SSSR count). The third kappa shape index (κ3) is 2.35. The number of carbonyl (C=O) groups is 1. The molecule has 70 valence electrons. The van der Waals surface area contributed by atoms with E-state index < -0.39 is 53.1 Å². The Balaban J connectivity index is 3.78. The fourth-order valence-corrected chi connectivity index (χ4v) is 0.613. The maximum absolute atomic E-state index is 11.2. The Morgan fingerprint density at radius 3 is 2.86 bits per heavy atom. The molecule has 4 heteroatoms. The number of carboxylic acids is 1. The van der Waals surface area contributed by atoms with Gasteiger partial charge >= 0.3 is 5.97 Å². The van der Waals surface area contributed by atoms with Gasteiger partial charge in [-0.15, -0.1) is 0 Å². The zero-order chi connectivity index (χ0) is 16.3. The summed E-state index contributed by atoms with van der Waals surface area (Å²) < 4.78 is 51.2. The summed E-state index contributed by atoms with van der Waals surface area (Å²) in [6.45, 7) is 0. The number of hydrogen-bond acceptors (Lipinski definition) is 4. The van der Waals surface area contributed by atoms with Crippen molar-refractivity contribution in [2.45, 2.75) is 0 Å². The molecule has 0 bridgehead atoms. The fraction of sp³-hybridized carbons (Fsp3) is 0. The molecule has 0 radical (unpaired) electrons. The molecule has 0 spiro atoms. The second-order valence-corrected chi connectivity index (χ2v) is 2.10. The Kier molecular flexibility index (Phi) is 1.13. The van der Waals surface area contributed by atoms with Crippen LogP contribution in [0.25, 0.3) is 7.48 Å². The molecule has 0 saturated carbocycles. The van der Waals surface area contributed by atoms with Crippen LogP contribution < -0.4 is 0 Å². The third-order valence-electron chi connectivity index (χ3n) is 1.17. The maximum atomic E-state index is 11.2. The molecule has 14 heavy (non-hydrogen) atoms. The Labute approximate surface area is 90.4 Å². The van der Waals surface area contributed by atoms with E-state index in [1.807, 2.05) is 0 Å². The first-order chi connectivity index (χ1) is 9.81. The molecule has 0 heterocycles. The van der Waals surface area contributed by atoms with Crippen LogP contribution in [-0.4, -0.2) is 17.6 Å². The van der Waals surface area contributed by atoms with E-state index in [9.17, 15) is 4.79 Å². The van der Waals surface area contributed by atoms with Crippen molar-refractivity contribution in [3.05, 3.63) is 35.3 Å². The second kappa shape index (κ2) is 4.10. The molecule has 0 atom stereocenters. The number of phenolic OH excluding ortho intramolecular Hbond substituents is 1. The predicted molar refractivity (Wildman–Crippen MR) is 49.3 cm³/mol. The van der Waals surface area contributed by atoms with Gasteiger partial charge in [-0.3, -0.25) is 0 Å². The number of benzene rings is 1. The lowest BCUT2D eigenvalue weighted by molar-refractivity contribution is -0.132. The van der Waals surface area contributed by atoms with Gasteiger partial charge in [-0.25, -0.2) is 4.79 Å². The Hall–Kier alpha value is -2.28. The minimum atomic E-state index is -1.46. The summed E-state index contributed by atoms with van der Waals surface area (Å²) in [7, 11) is 0.